The molecular formula is C15H16N2O. The van der Waals surface area contributed by atoms with Crippen molar-refractivity contribution >= 4 is 11.6 Å². The van der Waals surface area contributed by atoms with Gasteiger partial charge in [0.25, 0.3) is 0 Å². The standard InChI is InChI=1S/C15H16N2O/c1-12(11-13-5-3-2-4-6-13)15(18)17-14-7-9-16-10-8-14/h2-10,12H,11H2,1H3,(H,16,17,18). The second kappa shape index (κ2) is 5.96. The van der Waals surface area contributed by atoms with E-state index in [4.69, 9.17) is 0 Å². The molecule has 0 saturated carbocycles. The van der Waals surface area contributed by atoms with E-state index >= 15 is 0 Å². The van der Waals surface area contributed by atoms with Gasteiger partial charge >= 0.3 is 0 Å². The van der Waals surface area contributed by atoms with Gasteiger partial charge in [-0.1, -0.05) is 37.3 Å². The van der Waals surface area contributed by atoms with E-state index in [2.05, 4.69) is 10.3 Å². The number of carbonyl (C=O) groups excluding carboxylic acids is 1. The smallest absolute Gasteiger partial charge is 0.227 e. The fraction of sp³-hybridized carbons (Fsp3) is 0.200. The molecule has 0 aliphatic heterocycles. The molecule has 0 fully saturated rings. The molecule has 1 heterocycles. The molecule has 1 N–H and O–H groups in total. The van der Waals surface area contributed by atoms with Crippen molar-refractivity contribution in [3.8, 4) is 0 Å². The fourth-order valence-corrected chi connectivity index (χ4v) is 1.76. The SMILES string of the molecule is CC(Cc1ccccc1)C(=O)Nc1ccncc1. The van der Waals surface area contributed by atoms with E-state index in [1.165, 1.54) is 5.56 Å². The molecule has 0 saturated heterocycles. The predicted octanol–water partition coefficient (Wildman–Crippen LogP) is 2.90. The van der Waals surface area contributed by atoms with Gasteiger partial charge in [-0.05, 0) is 24.1 Å². The Bertz CT molecular complexity index is 496. The minimum atomic E-state index is -0.0550. The molecule has 0 radical (unpaired) electrons. The predicted molar refractivity (Wildman–Crippen MR) is 72.2 cm³/mol. The van der Waals surface area contributed by atoms with Gasteiger partial charge < -0.3 is 5.32 Å². The van der Waals surface area contributed by atoms with Crippen LogP contribution in [-0.4, -0.2) is 10.9 Å². The average molecular weight is 240 g/mol. The molecule has 0 bridgehead atoms. The monoisotopic (exact) mass is 240 g/mol. The van der Waals surface area contributed by atoms with Crippen LogP contribution >= 0.6 is 0 Å². The van der Waals surface area contributed by atoms with E-state index in [9.17, 15) is 4.79 Å². The molecule has 18 heavy (non-hydrogen) atoms. The van der Waals surface area contributed by atoms with Gasteiger partial charge in [0.1, 0.15) is 0 Å². The van der Waals surface area contributed by atoms with Crippen LogP contribution in [0.1, 0.15) is 12.5 Å². The minimum Gasteiger partial charge on any atom is -0.326 e. The van der Waals surface area contributed by atoms with E-state index in [1.807, 2.05) is 37.3 Å². The molecular weight excluding hydrogens is 224 g/mol. The average Bonchev–Trinajstić information content (AvgIpc) is 2.41. The Morgan fingerprint density at radius 1 is 1.17 bits per heavy atom. The summed E-state index contributed by atoms with van der Waals surface area (Å²) in [7, 11) is 0. The molecule has 1 amide bonds. The lowest BCUT2D eigenvalue weighted by Crippen LogP contribution is -2.22. The lowest BCUT2D eigenvalue weighted by Gasteiger charge is -2.12. The highest BCUT2D eigenvalue weighted by Gasteiger charge is 2.13. The first-order valence-electron chi connectivity index (χ1n) is 6.00. The maximum atomic E-state index is 12.0. The highest BCUT2D eigenvalue weighted by atomic mass is 16.1. The number of pyridine rings is 1. The maximum Gasteiger partial charge on any atom is 0.227 e. The molecule has 3 nitrogen and oxygen atoms in total. The van der Waals surface area contributed by atoms with E-state index < -0.39 is 0 Å². The molecule has 1 unspecified atom stereocenters. The van der Waals surface area contributed by atoms with Crippen molar-refractivity contribution in [1.82, 2.24) is 4.98 Å². The van der Waals surface area contributed by atoms with E-state index in [0.717, 1.165) is 12.1 Å². The first-order valence-corrected chi connectivity index (χ1v) is 6.00. The largest absolute Gasteiger partial charge is 0.326 e. The molecule has 0 aliphatic carbocycles. The number of benzene rings is 1. The van der Waals surface area contributed by atoms with Crippen LogP contribution in [0.15, 0.2) is 54.9 Å². The van der Waals surface area contributed by atoms with Crippen molar-refractivity contribution in [3.05, 3.63) is 60.4 Å². The van der Waals surface area contributed by atoms with E-state index in [0.29, 0.717) is 0 Å². The zero-order chi connectivity index (χ0) is 12.8. The van der Waals surface area contributed by atoms with Gasteiger partial charge in [-0.3, -0.25) is 9.78 Å². The lowest BCUT2D eigenvalue weighted by atomic mass is 10.0. The van der Waals surface area contributed by atoms with Gasteiger partial charge in [0.05, 0.1) is 0 Å². The molecule has 1 aromatic heterocycles. The second-order valence-corrected chi connectivity index (χ2v) is 4.32. The van der Waals surface area contributed by atoms with Crippen molar-refractivity contribution in [3.63, 3.8) is 0 Å². The first-order chi connectivity index (χ1) is 8.75. The number of nitrogens with one attached hydrogen (secondary N) is 1. The van der Waals surface area contributed by atoms with Crippen molar-refractivity contribution in [2.24, 2.45) is 5.92 Å². The highest BCUT2D eigenvalue weighted by Crippen LogP contribution is 2.11. The Hall–Kier alpha value is -2.16. The highest BCUT2D eigenvalue weighted by molar-refractivity contribution is 5.92. The quantitative estimate of drug-likeness (QED) is 0.892. The Kier molecular flexibility index (Phi) is 4.07. The summed E-state index contributed by atoms with van der Waals surface area (Å²) in [5, 5.41) is 2.88. The number of hydrogen-bond acceptors (Lipinski definition) is 2. The van der Waals surface area contributed by atoms with Crippen LogP contribution < -0.4 is 5.32 Å². The molecule has 0 spiro atoms. The third kappa shape index (κ3) is 3.42. The molecule has 92 valence electrons. The summed E-state index contributed by atoms with van der Waals surface area (Å²) in [6.45, 7) is 1.93. The molecule has 1 atom stereocenters. The molecule has 1 aromatic carbocycles. The first kappa shape index (κ1) is 12.3. The van der Waals surface area contributed by atoms with Crippen molar-refractivity contribution in [1.29, 1.82) is 0 Å². The number of aromatic nitrogens is 1. The number of nitrogens with zero attached hydrogens (tertiary/aromatic N) is 1. The molecule has 0 aliphatic rings. The Morgan fingerprint density at radius 3 is 2.50 bits per heavy atom. The van der Waals surface area contributed by atoms with Crippen LogP contribution in [0.4, 0.5) is 5.69 Å². The zero-order valence-electron chi connectivity index (χ0n) is 10.3. The van der Waals surface area contributed by atoms with Gasteiger partial charge in [-0.15, -0.1) is 0 Å². The van der Waals surface area contributed by atoms with Crippen LogP contribution in [0.25, 0.3) is 0 Å². The number of carbonyl (C=O) groups is 1. The third-order valence-corrected chi connectivity index (χ3v) is 2.78. The summed E-state index contributed by atoms with van der Waals surface area (Å²) >= 11 is 0. The fourth-order valence-electron chi connectivity index (χ4n) is 1.76. The van der Waals surface area contributed by atoms with E-state index in [-0.39, 0.29) is 11.8 Å². The molecule has 2 aromatic rings. The molecule has 2 rings (SSSR count). The summed E-state index contributed by atoms with van der Waals surface area (Å²) in [5.41, 5.74) is 1.96. The van der Waals surface area contributed by atoms with Gasteiger partial charge in [-0.25, -0.2) is 0 Å². The van der Waals surface area contributed by atoms with E-state index in [1.54, 1.807) is 24.5 Å². The van der Waals surface area contributed by atoms with Crippen molar-refractivity contribution < 1.29 is 4.79 Å². The summed E-state index contributed by atoms with van der Waals surface area (Å²) in [6.07, 6.45) is 4.08. The van der Waals surface area contributed by atoms with Gasteiger partial charge in [-0.2, -0.15) is 0 Å². The van der Waals surface area contributed by atoms with Crippen LogP contribution in [0.5, 0.6) is 0 Å². The Labute approximate surface area is 107 Å². The number of anilines is 1. The van der Waals surface area contributed by atoms with Gasteiger partial charge in [0, 0.05) is 24.0 Å². The minimum absolute atomic E-state index is 0.0325. The topological polar surface area (TPSA) is 42.0 Å². The Morgan fingerprint density at radius 2 is 1.83 bits per heavy atom. The van der Waals surface area contributed by atoms with Gasteiger partial charge in [0.15, 0.2) is 0 Å². The van der Waals surface area contributed by atoms with Crippen molar-refractivity contribution in [2.45, 2.75) is 13.3 Å². The zero-order valence-corrected chi connectivity index (χ0v) is 10.3. The maximum absolute atomic E-state index is 12.0. The normalized spacial score (nSPS) is 11.8. The van der Waals surface area contributed by atoms with Crippen LogP contribution in [0, 0.1) is 5.92 Å². The van der Waals surface area contributed by atoms with Crippen LogP contribution in [-0.2, 0) is 11.2 Å². The third-order valence-electron chi connectivity index (χ3n) is 2.78. The van der Waals surface area contributed by atoms with Crippen molar-refractivity contribution in [2.75, 3.05) is 5.32 Å². The van der Waals surface area contributed by atoms with Crippen LogP contribution in [0.2, 0.25) is 0 Å². The summed E-state index contributed by atoms with van der Waals surface area (Å²) in [4.78, 5) is 15.9. The molecule has 3 heteroatoms. The summed E-state index contributed by atoms with van der Waals surface area (Å²) in [5.74, 6) is -0.0226. The number of hydrogen-bond donors (Lipinski definition) is 1. The van der Waals surface area contributed by atoms with Crippen LogP contribution in [0.3, 0.4) is 0 Å². The summed E-state index contributed by atoms with van der Waals surface area (Å²) in [6, 6.07) is 13.6. The van der Waals surface area contributed by atoms with Gasteiger partial charge in [0.2, 0.25) is 5.91 Å². The lowest BCUT2D eigenvalue weighted by molar-refractivity contribution is -0.119. The second-order valence-electron chi connectivity index (χ2n) is 4.32. The number of rotatable bonds is 4. The summed E-state index contributed by atoms with van der Waals surface area (Å²) < 4.78 is 0. The number of amides is 1. The Balaban J connectivity index is 1.93.